The van der Waals surface area contributed by atoms with E-state index in [9.17, 15) is 8.42 Å². The van der Waals surface area contributed by atoms with Crippen LogP contribution in [0.5, 0.6) is 0 Å². The fourth-order valence-electron chi connectivity index (χ4n) is 2.12. The van der Waals surface area contributed by atoms with Crippen LogP contribution in [0.15, 0.2) is 27.6 Å². The van der Waals surface area contributed by atoms with Crippen molar-refractivity contribution in [3.63, 3.8) is 0 Å². The van der Waals surface area contributed by atoms with Gasteiger partial charge < -0.3 is 5.32 Å². The van der Waals surface area contributed by atoms with Gasteiger partial charge in [0.05, 0.1) is 4.90 Å². The largest absolute Gasteiger partial charge is 0.312 e. The van der Waals surface area contributed by atoms with E-state index in [1.54, 1.807) is 16.4 Å². The van der Waals surface area contributed by atoms with E-state index in [1.807, 2.05) is 19.9 Å². The molecule has 1 aliphatic rings. The van der Waals surface area contributed by atoms with Crippen molar-refractivity contribution >= 4 is 38.4 Å². The van der Waals surface area contributed by atoms with Crippen molar-refractivity contribution in [2.45, 2.75) is 24.8 Å². The first-order valence-corrected chi connectivity index (χ1v) is 8.13. The number of hydrogen-bond acceptors (Lipinski definition) is 3. The molecule has 1 aromatic carbocycles. The molecule has 0 aromatic heterocycles. The van der Waals surface area contributed by atoms with Crippen molar-refractivity contribution < 1.29 is 8.42 Å². The molecule has 1 N–H and O–H groups in total. The van der Waals surface area contributed by atoms with Crippen molar-refractivity contribution in [3.05, 3.63) is 28.2 Å². The fourth-order valence-corrected chi connectivity index (χ4v) is 4.54. The molecule has 108 valence electrons. The highest BCUT2D eigenvalue weighted by molar-refractivity contribution is 9.10. The van der Waals surface area contributed by atoms with Crippen LogP contribution in [0.2, 0.25) is 0 Å². The average molecular weight is 370 g/mol. The zero-order valence-corrected chi connectivity index (χ0v) is 14.1. The van der Waals surface area contributed by atoms with Crippen molar-refractivity contribution in [1.82, 2.24) is 9.62 Å². The Labute approximate surface area is 129 Å². The Morgan fingerprint density at radius 2 is 2.05 bits per heavy atom. The van der Waals surface area contributed by atoms with Crippen LogP contribution in [0.3, 0.4) is 0 Å². The lowest BCUT2D eigenvalue weighted by molar-refractivity contribution is 0.310. The van der Waals surface area contributed by atoms with E-state index in [1.165, 1.54) is 0 Å². The summed E-state index contributed by atoms with van der Waals surface area (Å²) in [5.74, 6) is 0. The van der Waals surface area contributed by atoms with Crippen LogP contribution in [-0.2, 0) is 10.0 Å². The smallest absolute Gasteiger partial charge is 0.243 e. The Morgan fingerprint density at radius 1 is 1.37 bits per heavy atom. The number of aryl methyl sites for hydroxylation is 1. The summed E-state index contributed by atoms with van der Waals surface area (Å²) in [5, 5.41) is 3.24. The summed E-state index contributed by atoms with van der Waals surface area (Å²) in [6.45, 7) is 5.64. The van der Waals surface area contributed by atoms with Crippen LogP contribution in [0.25, 0.3) is 0 Å². The summed E-state index contributed by atoms with van der Waals surface area (Å²) < 4.78 is 27.4. The molecule has 4 nitrogen and oxygen atoms in total. The molecule has 1 fully saturated rings. The molecule has 1 saturated heterocycles. The van der Waals surface area contributed by atoms with Crippen molar-refractivity contribution in [1.29, 1.82) is 0 Å². The van der Waals surface area contributed by atoms with Crippen molar-refractivity contribution in [2.24, 2.45) is 0 Å². The predicted octanol–water partition coefficient (Wildman–Crippen LogP) is 2.16. The second-order valence-corrected chi connectivity index (χ2v) is 7.54. The number of halogens is 2. The van der Waals surface area contributed by atoms with Crippen LogP contribution in [0.1, 0.15) is 12.5 Å². The number of benzene rings is 1. The van der Waals surface area contributed by atoms with Gasteiger partial charge in [-0.1, -0.05) is 15.9 Å². The van der Waals surface area contributed by atoms with Gasteiger partial charge in [0, 0.05) is 30.1 Å². The van der Waals surface area contributed by atoms with E-state index in [0.717, 1.165) is 10.0 Å². The first-order chi connectivity index (χ1) is 8.39. The topological polar surface area (TPSA) is 49.4 Å². The van der Waals surface area contributed by atoms with Gasteiger partial charge >= 0.3 is 0 Å². The molecule has 1 aromatic rings. The van der Waals surface area contributed by atoms with Gasteiger partial charge in [-0.3, -0.25) is 0 Å². The first-order valence-electron chi connectivity index (χ1n) is 5.90. The molecule has 2 rings (SSSR count). The van der Waals surface area contributed by atoms with Crippen LogP contribution < -0.4 is 5.32 Å². The Kier molecular flexibility index (Phi) is 5.82. The second-order valence-electron chi connectivity index (χ2n) is 4.68. The molecule has 0 radical (unpaired) electrons. The van der Waals surface area contributed by atoms with Gasteiger partial charge in [0.2, 0.25) is 10.0 Å². The summed E-state index contributed by atoms with van der Waals surface area (Å²) in [7, 11) is -3.38. The molecular weight excluding hydrogens is 352 g/mol. The van der Waals surface area contributed by atoms with Crippen LogP contribution >= 0.6 is 28.3 Å². The highest BCUT2D eigenvalue weighted by Crippen LogP contribution is 2.23. The molecule has 1 aliphatic heterocycles. The molecule has 19 heavy (non-hydrogen) atoms. The number of nitrogens with zero attached hydrogens (tertiary/aromatic N) is 1. The van der Waals surface area contributed by atoms with E-state index >= 15 is 0 Å². The Bertz CT molecular complexity index is 530. The van der Waals surface area contributed by atoms with E-state index in [0.29, 0.717) is 24.5 Å². The van der Waals surface area contributed by atoms with E-state index in [4.69, 9.17) is 0 Å². The lowest BCUT2D eigenvalue weighted by atomic mass is 10.2. The molecule has 0 saturated carbocycles. The number of sulfonamides is 1. The lowest BCUT2D eigenvalue weighted by Gasteiger charge is -2.31. The van der Waals surface area contributed by atoms with Gasteiger partial charge in [-0.2, -0.15) is 4.31 Å². The van der Waals surface area contributed by atoms with Gasteiger partial charge in [0.15, 0.2) is 0 Å². The summed E-state index contributed by atoms with van der Waals surface area (Å²) >= 11 is 3.35. The van der Waals surface area contributed by atoms with E-state index in [-0.39, 0.29) is 18.4 Å². The summed E-state index contributed by atoms with van der Waals surface area (Å²) in [5.41, 5.74) is 0.936. The predicted molar refractivity (Wildman–Crippen MR) is 82.4 cm³/mol. The SMILES string of the molecule is Cc1cc(Br)cc(S(=O)(=O)N2CCN[C@@H](C)C2)c1.Cl. The minimum absolute atomic E-state index is 0. The van der Waals surface area contributed by atoms with Gasteiger partial charge in [0.25, 0.3) is 0 Å². The minimum atomic E-state index is -3.38. The Hall–Kier alpha value is -0.140. The van der Waals surface area contributed by atoms with Gasteiger partial charge in [-0.25, -0.2) is 8.42 Å². The maximum absolute atomic E-state index is 12.5. The van der Waals surface area contributed by atoms with Gasteiger partial charge in [-0.15, -0.1) is 12.4 Å². The highest BCUT2D eigenvalue weighted by atomic mass is 79.9. The summed E-state index contributed by atoms with van der Waals surface area (Å²) in [6, 6.07) is 5.48. The zero-order chi connectivity index (χ0) is 13.3. The molecule has 0 bridgehead atoms. The maximum Gasteiger partial charge on any atom is 0.243 e. The Balaban J connectivity index is 0.00000180. The van der Waals surface area contributed by atoms with Gasteiger partial charge in [-0.05, 0) is 37.6 Å². The fraction of sp³-hybridized carbons (Fsp3) is 0.500. The standard InChI is InChI=1S/C12H17BrN2O2S.ClH/c1-9-5-11(13)7-12(6-9)18(16,17)15-4-3-14-10(2)8-15;/h5-7,10,14H,3-4,8H2,1-2H3;1H/t10-;/m0./s1. The highest BCUT2D eigenvalue weighted by Gasteiger charge is 2.28. The van der Waals surface area contributed by atoms with Crippen LogP contribution in [0.4, 0.5) is 0 Å². The number of nitrogens with one attached hydrogen (secondary N) is 1. The van der Waals surface area contributed by atoms with Crippen molar-refractivity contribution in [2.75, 3.05) is 19.6 Å². The minimum Gasteiger partial charge on any atom is -0.312 e. The molecule has 0 aliphatic carbocycles. The van der Waals surface area contributed by atoms with E-state index < -0.39 is 10.0 Å². The van der Waals surface area contributed by atoms with Crippen LogP contribution in [0, 0.1) is 6.92 Å². The molecule has 1 heterocycles. The average Bonchev–Trinajstić information content (AvgIpc) is 2.27. The molecule has 7 heteroatoms. The summed E-state index contributed by atoms with van der Waals surface area (Å²) in [6.07, 6.45) is 0. The first kappa shape index (κ1) is 16.9. The second kappa shape index (κ2) is 6.54. The molecule has 0 amide bonds. The number of hydrogen-bond donors (Lipinski definition) is 1. The molecule has 1 atom stereocenters. The van der Waals surface area contributed by atoms with E-state index in [2.05, 4.69) is 21.2 Å². The number of piperazine rings is 1. The maximum atomic E-state index is 12.5. The third-order valence-corrected chi connectivity index (χ3v) is 5.29. The zero-order valence-electron chi connectivity index (χ0n) is 10.9. The number of rotatable bonds is 2. The normalized spacial score (nSPS) is 20.9. The quantitative estimate of drug-likeness (QED) is 0.869. The van der Waals surface area contributed by atoms with Crippen LogP contribution in [-0.4, -0.2) is 38.4 Å². The molecule has 0 spiro atoms. The lowest BCUT2D eigenvalue weighted by Crippen LogP contribution is -2.51. The van der Waals surface area contributed by atoms with Gasteiger partial charge in [0.1, 0.15) is 0 Å². The molecular formula is C12H18BrClN2O2S. The molecule has 0 unspecified atom stereocenters. The summed E-state index contributed by atoms with van der Waals surface area (Å²) in [4.78, 5) is 0.364. The Morgan fingerprint density at radius 3 is 2.63 bits per heavy atom. The van der Waals surface area contributed by atoms with Crippen molar-refractivity contribution in [3.8, 4) is 0 Å². The third-order valence-electron chi connectivity index (χ3n) is 2.98. The third kappa shape index (κ3) is 3.92. The monoisotopic (exact) mass is 368 g/mol.